The minimum absolute atomic E-state index is 0.00879. The molecule has 0 saturated carbocycles. The number of nitrogens with one attached hydrogen (secondary N) is 2. The number of aliphatic hydroxyl groups excluding tert-OH is 1. The fourth-order valence-electron chi connectivity index (χ4n) is 3.50. The van der Waals surface area contributed by atoms with Crippen molar-refractivity contribution in [2.24, 2.45) is 0 Å². The second-order valence-corrected chi connectivity index (χ2v) is 6.83. The molecule has 4 rings (SSSR count). The average Bonchev–Trinajstić information content (AvgIpc) is 3.22. The lowest BCUT2D eigenvalue weighted by atomic mass is 10.1. The molecular formula is C19H20FN4O5+. The summed E-state index contributed by atoms with van der Waals surface area (Å²) >= 11 is 0. The van der Waals surface area contributed by atoms with Crippen LogP contribution in [0.3, 0.4) is 0 Å². The summed E-state index contributed by atoms with van der Waals surface area (Å²) in [6, 6.07) is 7.92. The normalized spacial score (nSPS) is 24.7. The molecule has 1 aromatic carbocycles. The fourth-order valence-corrected chi connectivity index (χ4v) is 3.50. The topological polar surface area (TPSA) is 113 Å². The Kier molecular flexibility index (Phi) is 4.79. The Balaban J connectivity index is 1.55. The zero-order valence-corrected chi connectivity index (χ0v) is 15.6. The number of rotatable bonds is 6. The highest BCUT2D eigenvalue weighted by Crippen LogP contribution is 2.53. The van der Waals surface area contributed by atoms with Gasteiger partial charge in [0.05, 0.1) is 0 Å². The minimum Gasteiger partial charge on any atom is -0.387 e. The summed E-state index contributed by atoms with van der Waals surface area (Å²) in [4.78, 5) is 32.3. The van der Waals surface area contributed by atoms with E-state index in [0.29, 0.717) is 30.0 Å². The van der Waals surface area contributed by atoms with Crippen LogP contribution in [0.2, 0.25) is 0 Å². The molecule has 0 radical (unpaired) electrons. The third kappa shape index (κ3) is 3.36. The Hall–Kier alpha value is -2.92. The Morgan fingerprint density at radius 1 is 1.34 bits per heavy atom. The molecule has 9 nitrogen and oxygen atoms in total. The standard InChI is InChI=1S/C19H19FN4O5/c1-12(26)22-11-19-24(29-19,6-7-28-19)14-3-4-15(16(20)8-14)13-2-5-17(21-9-13)23-18(27)10-25/h2-5,8-9,25H,6-7,10-11H2,1H3,(H-,21,22,23,26,27)/p+1/t19-,24-/m0/s1. The van der Waals surface area contributed by atoms with Crippen molar-refractivity contribution in [1.82, 2.24) is 14.9 Å². The molecule has 2 fully saturated rings. The molecule has 2 aliphatic rings. The third-order valence-corrected chi connectivity index (χ3v) is 4.97. The fraction of sp³-hybridized carbons (Fsp3) is 0.316. The highest BCUT2D eigenvalue weighted by molar-refractivity contribution is 5.90. The van der Waals surface area contributed by atoms with Crippen molar-refractivity contribution < 1.29 is 28.7 Å². The molecule has 3 N–H and O–H groups in total. The van der Waals surface area contributed by atoms with Gasteiger partial charge in [-0.05, 0) is 18.2 Å². The van der Waals surface area contributed by atoms with E-state index >= 15 is 0 Å². The van der Waals surface area contributed by atoms with Crippen LogP contribution in [0.15, 0.2) is 36.5 Å². The van der Waals surface area contributed by atoms with Crippen LogP contribution in [-0.4, -0.2) is 54.1 Å². The lowest BCUT2D eigenvalue weighted by Gasteiger charge is -2.12. The molecule has 2 amide bonds. The maximum absolute atomic E-state index is 14.9. The number of quaternary nitrogens is 1. The maximum Gasteiger partial charge on any atom is 0.419 e. The van der Waals surface area contributed by atoms with Gasteiger partial charge in [0.15, 0.2) is 5.69 Å². The summed E-state index contributed by atoms with van der Waals surface area (Å²) < 4.78 is 20.6. The summed E-state index contributed by atoms with van der Waals surface area (Å²) in [5, 5.41) is 13.8. The number of fused-ring (bicyclic) bond motifs is 1. The number of anilines is 1. The number of ether oxygens (including phenoxy) is 1. The Bertz CT molecular complexity index is 970. The molecule has 152 valence electrons. The van der Waals surface area contributed by atoms with E-state index in [2.05, 4.69) is 15.6 Å². The van der Waals surface area contributed by atoms with Crippen molar-refractivity contribution in [2.75, 3.05) is 31.6 Å². The molecule has 2 aromatic rings. The summed E-state index contributed by atoms with van der Waals surface area (Å²) in [5.41, 5.74) is 1.47. The minimum atomic E-state index is -1.01. The number of amides is 2. The van der Waals surface area contributed by atoms with Crippen molar-refractivity contribution >= 4 is 23.3 Å². The highest BCUT2D eigenvalue weighted by Gasteiger charge is 2.81. The molecule has 2 saturated heterocycles. The van der Waals surface area contributed by atoms with Crippen LogP contribution in [0.25, 0.3) is 11.1 Å². The molecule has 0 unspecified atom stereocenters. The van der Waals surface area contributed by atoms with Crippen molar-refractivity contribution in [3.05, 3.63) is 42.3 Å². The van der Waals surface area contributed by atoms with Crippen molar-refractivity contribution in [2.45, 2.75) is 12.8 Å². The molecule has 10 heteroatoms. The first-order chi connectivity index (χ1) is 13.9. The van der Waals surface area contributed by atoms with Crippen LogP contribution in [0.1, 0.15) is 6.92 Å². The first-order valence-corrected chi connectivity index (χ1v) is 9.04. The van der Waals surface area contributed by atoms with Gasteiger partial charge in [-0.1, -0.05) is 9.48 Å². The predicted octanol–water partition coefficient (Wildman–Crippen LogP) is 0.891. The smallest absolute Gasteiger partial charge is 0.387 e. The number of hydrogen-bond donors (Lipinski definition) is 3. The zero-order chi connectivity index (χ0) is 20.6. The number of aliphatic hydroxyl groups is 1. The number of benzene rings is 1. The quantitative estimate of drug-likeness (QED) is 0.488. The van der Waals surface area contributed by atoms with Gasteiger partial charge in [0.2, 0.25) is 5.91 Å². The number of hydrogen-bond acceptors (Lipinski definition) is 6. The van der Waals surface area contributed by atoms with Gasteiger partial charge in [-0.3, -0.25) is 14.3 Å². The van der Waals surface area contributed by atoms with E-state index in [-0.39, 0.29) is 22.9 Å². The molecule has 2 atom stereocenters. The second-order valence-electron chi connectivity index (χ2n) is 6.83. The molecule has 1 aromatic heterocycles. The molecule has 29 heavy (non-hydrogen) atoms. The van der Waals surface area contributed by atoms with Gasteiger partial charge in [-0.2, -0.15) is 0 Å². The van der Waals surface area contributed by atoms with E-state index in [9.17, 15) is 14.0 Å². The summed E-state index contributed by atoms with van der Waals surface area (Å²) in [7, 11) is 0. The van der Waals surface area contributed by atoms with Crippen molar-refractivity contribution in [3.8, 4) is 11.1 Å². The zero-order valence-electron chi connectivity index (χ0n) is 15.6. The molecule has 2 aliphatic heterocycles. The third-order valence-electron chi connectivity index (χ3n) is 4.97. The van der Waals surface area contributed by atoms with Gasteiger partial charge < -0.3 is 15.7 Å². The Morgan fingerprint density at radius 3 is 2.83 bits per heavy atom. The van der Waals surface area contributed by atoms with E-state index in [0.717, 1.165) is 0 Å². The van der Waals surface area contributed by atoms with Gasteiger partial charge >= 0.3 is 5.91 Å². The molecule has 0 bridgehead atoms. The van der Waals surface area contributed by atoms with Crippen LogP contribution in [0.4, 0.5) is 15.9 Å². The first-order valence-electron chi connectivity index (χ1n) is 9.04. The predicted molar refractivity (Wildman–Crippen MR) is 100 cm³/mol. The largest absolute Gasteiger partial charge is 0.419 e. The number of nitrogens with zero attached hydrogens (tertiary/aromatic N) is 2. The van der Waals surface area contributed by atoms with Crippen molar-refractivity contribution in [1.29, 1.82) is 0 Å². The van der Waals surface area contributed by atoms with Crippen LogP contribution >= 0.6 is 0 Å². The lowest BCUT2D eigenvalue weighted by molar-refractivity contribution is -0.121. The van der Waals surface area contributed by atoms with Crippen LogP contribution in [0, 0.1) is 5.82 Å². The molecular weight excluding hydrogens is 383 g/mol. The van der Waals surface area contributed by atoms with Gasteiger partial charge in [0.1, 0.15) is 37.9 Å². The summed E-state index contributed by atoms with van der Waals surface area (Å²) in [6.07, 6.45) is 1.44. The Morgan fingerprint density at radius 2 is 2.17 bits per heavy atom. The average molecular weight is 403 g/mol. The first kappa shape index (κ1) is 19.4. The lowest BCUT2D eigenvalue weighted by Crippen LogP contribution is -2.41. The summed E-state index contributed by atoms with van der Waals surface area (Å²) in [6.45, 7) is 1.89. The second kappa shape index (κ2) is 7.16. The van der Waals surface area contributed by atoms with E-state index in [1.54, 1.807) is 18.2 Å². The molecule has 0 aliphatic carbocycles. The molecule has 3 heterocycles. The highest BCUT2D eigenvalue weighted by atomic mass is 19.1. The van der Waals surface area contributed by atoms with Gasteiger partial charge in [-0.15, -0.1) is 0 Å². The summed E-state index contributed by atoms with van der Waals surface area (Å²) in [5.74, 6) is -1.98. The van der Waals surface area contributed by atoms with Crippen molar-refractivity contribution in [3.63, 3.8) is 0 Å². The number of aromatic nitrogens is 1. The number of carbonyl (C=O) groups is 2. The monoisotopic (exact) mass is 403 g/mol. The molecule has 0 spiro atoms. The van der Waals surface area contributed by atoms with Gasteiger partial charge in [0.25, 0.3) is 5.91 Å². The maximum atomic E-state index is 14.9. The van der Waals surface area contributed by atoms with Crippen LogP contribution in [0.5, 0.6) is 0 Å². The number of halogens is 1. The number of pyridine rings is 1. The SMILES string of the molecule is CC(=O)NC[C@@]12OCC[N@@+]1(c1ccc(-c3ccc(NC(=O)CO)nc3)c(F)c1)O2. The number of carbonyl (C=O) groups excluding carboxylic acids is 2. The van der Waals surface area contributed by atoms with Gasteiger partial charge in [-0.25, -0.2) is 9.37 Å². The van der Waals surface area contributed by atoms with Gasteiger partial charge in [0, 0.05) is 36.4 Å². The Labute approximate surface area is 165 Å². The van der Waals surface area contributed by atoms with E-state index in [1.807, 2.05) is 0 Å². The van der Waals surface area contributed by atoms with E-state index in [4.69, 9.17) is 14.7 Å². The van der Waals surface area contributed by atoms with E-state index in [1.165, 1.54) is 25.3 Å². The van der Waals surface area contributed by atoms with Crippen LogP contribution < -0.4 is 15.3 Å². The number of hydroxylamine groups is 2. The van der Waals surface area contributed by atoms with E-state index < -0.39 is 24.2 Å². The van der Waals surface area contributed by atoms with Crippen LogP contribution in [-0.2, 0) is 19.2 Å².